The molecular weight excluding hydrogens is 321 g/mol. The van der Waals surface area contributed by atoms with Gasteiger partial charge in [0.1, 0.15) is 5.82 Å². The average molecular weight is 345 g/mol. The third kappa shape index (κ3) is 3.78. The maximum atomic E-state index is 14.6. The van der Waals surface area contributed by atoms with E-state index in [-0.39, 0.29) is 5.82 Å². The quantitative estimate of drug-likeness (QED) is 0.633. The van der Waals surface area contributed by atoms with E-state index < -0.39 is 0 Å². The molecule has 132 valence electrons. The first kappa shape index (κ1) is 18.1. The normalized spacial score (nSPS) is 13.8. The molecule has 2 aromatic carbocycles. The fourth-order valence-corrected chi connectivity index (χ4v) is 3.60. The summed E-state index contributed by atoms with van der Waals surface area (Å²) >= 11 is 0. The van der Waals surface area contributed by atoms with Crippen molar-refractivity contribution in [2.24, 2.45) is 4.99 Å². The minimum Gasteiger partial charge on any atom is -0.289 e. The molecule has 0 aliphatic carbocycles. The van der Waals surface area contributed by atoms with Gasteiger partial charge in [-0.2, -0.15) is 0 Å². The van der Waals surface area contributed by atoms with Gasteiger partial charge in [-0.15, -0.1) is 6.42 Å². The molecule has 0 unspecified atom stereocenters. The van der Waals surface area contributed by atoms with Crippen LogP contribution in [0.3, 0.4) is 0 Å². The highest BCUT2D eigenvalue weighted by Gasteiger charge is 2.16. The van der Waals surface area contributed by atoms with Crippen LogP contribution in [0.15, 0.2) is 41.4 Å². The van der Waals surface area contributed by atoms with Crippen LogP contribution in [-0.4, -0.2) is 12.3 Å². The molecule has 26 heavy (non-hydrogen) atoms. The van der Waals surface area contributed by atoms with Crippen molar-refractivity contribution in [2.45, 2.75) is 39.5 Å². The van der Waals surface area contributed by atoms with Crippen LogP contribution in [0.1, 0.15) is 53.1 Å². The molecule has 1 nitrogen and oxygen atoms in total. The van der Waals surface area contributed by atoms with Gasteiger partial charge in [-0.05, 0) is 80.0 Å². The van der Waals surface area contributed by atoms with E-state index in [0.29, 0.717) is 6.42 Å². The highest BCUT2D eigenvalue weighted by Crippen LogP contribution is 2.24. The SMILES string of the molecule is C#Cc1cc(/C=C\C)c(C)c(CCc2c(F)cccc2C2=NCCC2)c1. The highest BCUT2D eigenvalue weighted by atomic mass is 19.1. The molecule has 0 bridgehead atoms. The van der Waals surface area contributed by atoms with Crippen molar-refractivity contribution in [3.8, 4) is 12.3 Å². The van der Waals surface area contributed by atoms with Gasteiger partial charge in [0.25, 0.3) is 0 Å². The maximum absolute atomic E-state index is 14.6. The summed E-state index contributed by atoms with van der Waals surface area (Å²) in [5.41, 5.74) is 7.17. The number of nitrogens with zero attached hydrogens (tertiary/aromatic N) is 1. The Labute approximate surface area is 155 Å². The predicted octanol–water partition coefficient (Wildman–Crippen LogP) is 5.52. The van der Waals surface area contributed by atoms with Crippen molar-refractivity contribution in [2.75, 3.05) is 6.54 Å². The molecule has 0 atom stereocenters. The van der Waals surface area contributed by atoms with Crippen LogP contribution < -0.4 is 0 Å². The summed E-state index contributed by atoms with van der Waals surface area (Å²) < 4.78 is 14.6. The zero-order valence-corrected chi connectivity index (χ0v) is 15.5. The average Bonchev–Trinajstić information content (AvgIpc) is 3.17. The summed E-state index contributed by atoms with van der Waals surface area (Å²) in [7, 11) is 0. The maximum Gasteiger partial charge on any atom is 0.127 e. The van der Waals surface area contributed by atoms with Gasteiger partial charge in [-0.25, -0.2) is 4.39 Å². The van der Waals surface area contributed by atoms with Crippen molar-refractivity contribution in [1.29, 1.82) is 0 Å². The summed E-state index contributed by atoms with van der Waals surface area (Å²) in [6.07, 6.45) is 13.1. The van der Waals surface area contributed by atoms with Gasteiger partial charge in [-0.3, -0.25) is 4.99 Å². The summed E-state index contributed by atoms with van der Waals surface area (Å²) in [6, 6.07) is 9.41. The van der Waals surface area contributed by atoms with Crippen LogP contribution in [0.2, 0.25) is 0 Å². The van der Waals surface area contributed by atoms with Gasteiger partial charge >= 0.3 is 0 Å². The molecule has 1 aliphatic rings. The lowest BCUT2D eigenvalue weighted by molar-refractivity contribution is 0.608. The van der Waals surface area contributed by atoms with E-state index >= 15 is 0 Å². The fourth-order valence-electron chi connectivity index (χ4n) is 3.60. The second kappa shape index (κ2) is 8.15. The van der Waals surface area contributed by atoms with Gasteiger partial charge in [-0.1, -0.05) is 30.2 Å². The molecule has 3 rings (SSSR count). The molecule has 0 aromatic heterocycles. The fraction of sp³-hybridized carbons (Fsp3) is 0.292. The van der Waals surface area contributed by atoms with Gasteiger partial charge < -0.3 is 0 Å². The number of rotatable bonds is 5. The minimum atomic E-state index is -0.142. The van der Waals surface area contributed by atoms with Crippen molar-refractivity contribution >= 4 is 11.8 Å². The van der Waals surface area contributed by atoms with Crippen molar-refractivity contribution in [3.63, 3.8) is 0 Å². The van der Waals surface area contributed by atoms with Crippen LogP contribution in [0.4, 0.5) is 4.39 Å². The topological polar surface area (TPSA) is 12.4 Å². The Morgan fingerprint density at radius 3 is 2.81 bits per heavy atom. The Balaban J connectivity index is 1.93. The van der Waals surface area contributed by atoms with Gasteiger partial charge in [0.2, 0.25) is 0 Å². The summed E-state index contributed by atoms with van der Waals surface area (Å²) in [4.78, 5) is 4.56. The van der Waals surface area contributed by atoms with Gasteiger partial charge in [0, 0.05) is 23.4 Å². The number of benzene rings is 2. The molecule has 1 aliphatic heterocycles. The molecule has 2 heteroatoms. The van der Waals surface area contributed by atoms with Gasteiger partial charge in [0.15, 0.2) is 0 Å². The number of allylic oxidation sites excluding steroid dienone is 1. The van der Waals surface area contributed by atoms with E-state index in [9.17, 15) is 4.39 Å². The van der Waals surface area contributed by atoms with Crippen LogP contribution in [0.5, 0.6) is 0 Å². The standard InChI is InChI=1S/C24H24FN/c1-4-8-19-15-18(5-2)16-20(17(19)3)12-13-21-22(9-6-10-23(21)25)24-11-7-14-26-24/h2,4,6,8-10,15-16H,7,11-14H2,1,3H3/b8-4-. The van der Waals surface area contributed by atoms with Crippen LogP contribution in [-0.2, 0) is 12.8 Å². The minimum absolute atomic E-state index is 0.142. The number of hydrogen-bond donors (Lipinski definition) is 0. The molecule has 0 saturated carbocycles. The first-order valence-corrected chi connectivity index (χ1v) is 9.18. The molecule has 0 radical (unpaired) electrons. The summed E-state index contributed by atoms with van der Waals surface area (Å²) in [5, 5.41) is 0. The summed E-state index contributed by atoms with van der Waals surface area (Å²) in [5.74, 6) is 2.59. The zero-order valence-electron chi connectivity index (χ0n) is 15.5. The Hall–Kier alpha value is -2.66. The number of halogens is 1. The van der Waals surface area contributed by atoms with Gasteiger partial charge in [0.05, 0.1) is 0 Å². The second-order valence-corrected chi connectivity index (χ2v) is 6.69. The lowest BCUT2D eigenvalue weighted by Gasteiger charge is -2.14. The van der Waals surface area contributed by atoms with Crippen LogP contribution in [0.25, 0.3) is 6.08 Å². The summed E-state index contributed by atoms with van der Waals surface area (Å²) in [6.45, 7) is 4.95. The monoisotopic (exact) mass is 345 g/mol. The third-order valence-corrected chi connectivity index (χ3v) is 5.02. The van der Waals surface area contributed by atoms with E-state index in [4.69, 9.17) is 6.42 Å². The first-order chi connectivity index (χ1) is 12.6. The largest absolute Gasteiger partial charge is 0.289 e. The van der Waals surface area contributed by atoms with E-state index in [1.54, 1.807) is 12.1 Å². The highest BCUT2D eigenvalue weighted by molar-refractivity contribution is 6.02. The number of terminal acetylenes is 1. The van der Waals surface area contributed by atoms with Crippen molar-refractivity contribution in [3.05, 3.63) is 75.6 Å². The number of aryl methyl sites for hydroxylation is 1. The molecule has 0 amide bonds. The van der Waals surface area contributed by atoms with Crippen molar-refractivity contribution < 1.29 is 4.39 Å². The predicted molar refractivity (Wildman–Crippen MR) is 108 cm³/mol. The first-order valence-electron chi connectivity index (χ1n) is 9.18. The third-order valence-electron chi connectivity index (χ3n) is 5.02. The van der Waals surface area contributed by atoms with Crippen molar-refractivity contribution in [1.82, 2.24) is 0 Å². The number of aliphatic imine (C=N–C) groups is 1. The van der Waals surface area contributed by atoms with E-state index in [0.717, 1.165) is 53.8 Å². The number of hydrogen-bond acceptors (Lipinski definition) is 1. The van der Waals surface area contributed by atoms with E-state index in [2.05, 4.69) is 30.0 Å². The Morgan fingerprint density at radius 2 is 2.12 bits per heavy atom. The smallest absolute Gasteiger partial charge is 0.127 e. The van der Waals surface area contributed by atoms with Crippen LogP contribution >= 0.6 is 0 Å². The Bertz CT molecular complexity index is 913. The Morgan fingerprint density at radius 1 is 1.27 bits per heavy atom. The molecule has 2 aromatic rings. The lowest BCUT2D eigenvalue weighted by Crippen LogP contribution is -2.07. The second-order valence-electron chi connectivity index (χ2n) is 6.69. The van der Waals surface area contributed by atoms with E-state index in [1.165, 1.54) is 11.1 Å². The molecule has 0 N–H and O–H groups in total. The molecule has 1 heterocycles. The Kier molecular flexibility index (Phi) is 5.68. The zero-order chi connectivity index (χ0) is 18.5. The van der Waals surface area contributed by atoms with E-state index in [1.807, 2.05) is 25.1 Å². The van der Waals surface area contributed by atoms with Crippen LogP contribution in [0, 0.1) is 25.1 Å². The molecular formula is C24H24FN. The molecule has 0 spiro atoms. The molecule has 0 fully saturated rings. The lowest BCUT2D eigenvalue weighted by atomic mass is 9.91. The molecule has 0 saturated heterocycles.